The van der Waals surface area contributed by atoms with Crippen LogP contribution in [0.5, 0.6) is 17.2 Å². The Morgan fingerprint density at radius 1 is 1.09 bits per heavy atom. The van der Waals surface area contributed by atoms with Gasteiger partial charge in [0, 0.05) is 18.8 Å². The first-order valence-corrected chi connectivity index (χ1v) is 11.0. The van der Waals surface area contributed by atoms with Crippen molar-refractivity contribution in [2.75, 3.05) is 12.4 Å². The first-order valence-electron chi connectivity index (χ1n) is 11.0. The number of hydrogen-bond acceptors (Lipinski definition) is 6. The monoisotopic (exact) mass is 454 g/mol. The molecule has 2 aromatic carbocycles. The molecule has 0 radical (unpaired) electrons. The number of aryl methyl sites for hydroxylation is 2. The highest BCUT2D eigenvalue weighted by Gasteiger charge is 2.28. The molecule has 33 heavy (non-hydrogen) atoms. The number of anilines is 1. The summed E-state index contributed by atoms with van der Waals surface area (Å²) in [4.78, 5) is 38.3. The SMILES string of the molecule is Cc1cc(NC(=O)C(=O)OC(C)C)cc(C)c1Oc1ccc(O)c(C(=O)N(C)C2CCC2)c1. The maximum absolute atomic E-state index is 12.8. The van der Waals surface area contributed by atoms with Gasteiger partial charge in [-0.1, -0.05) is 0 Å². The molecule has 0 aliphatic heterocycles. The van der Waals surface area contributed by atoms with E-state index in [-0.39, 0.29) is 23.3 Å². The first-order chi connectivity index (χ1) is 15.6. The summed E-state index contributed by atoms with van der Waals surface area (Å²) in [7, 11) is 1.75. The lowest BCUT2D eigenvalue weighted by Gasteiger charge is -2.34. The van der Waals surface area contributed by atoms with E-state index < -0.39 is 18.0 Å². The molecule has 1 fully saturated rings. The zero-order valence-corrected chi connectivity index (χ0v) is 19.6. The highest BCUT2D eigenvalue weighted by Crippen LogP contribution is 2.34. The Labute approximate surface area is 193 Å². The normalized spacial score (nSPS) is 13.3. The fourth-order valence-corrected chi connectivity index (χ4v) is 3.63. The molecule has 2 amide bonds. The van der Waals surface area contributed by atoms with Crippen LogP contribution in [-0.4, -0.2) is 47.0 Å². The smallest absolute Gasteiger partial charge is 0.397 e. The van der Waals surface area contributed by atoms with E-state index in [2.05, 4.69) is 5.32 Å². The second-order valence-corrected chi connectivity index (χ2v) is 8.63. The van der Waals surface area contributed by atoms with Crippen LogP contribution in [-0.2, 0) is 14.3 Å². The largest absolute Gasteiger partial charge is 0.507 e. The number of phenols is 1. The van der Waals surface area contributed by atoms with E-state index in [1.54, 1.807) is 57.8 Å². The summed E-state index contributed by atoms with van der Waals surface area (Å²) in [5, 5.41) is 12.8. The van der Waals surface area contributed by atoms with Crippen LogP contribution in [0.25, 0.3) is 0 Å². The fraction of sp³-hybridized carbons (Fsp3) is 0.400. The maximum Gasteiger partial charge on any atom is 0.397 e. The van der Waals surface area contributed by atoms with Gasteiger partial charge in [-0.05, 0) is 88.4 Å². The highest BCUT2D eigenvalue weighted by molar-refractivity contribution is 6.37. The quantitative estimate of drug-likeness (QED) is 0.498. The van der Waals surface area contributed by atoms with Crippen molar-refractivity contribution in [2.24, 2.45) is 0 Å². The molecular formula is C25H30N2O6. The number of benzene rings is 2. The topological polar surface area (TPSA) is 105 Å². The molecule has 3 rings (SSSR count). The van der Waals surface area contributed by atoms with Gasteiger partial charge in [-0.2, -0.15) is 0 Å². The number of hydrogen-bond donors (Lipinski definition) is 2. The minimum atomic E-state index is -0.950. The molecule has 176 valence electrons. The molecule has 0 heterocycles. The molecule has 2 N–H and O–H groups in total. The maximum atomic E-state index is 12.8. The third-order valence-corrected chi connectivity index (χ3v) is 5.61. The Morgan fingerprint density at radius 2 is 1.73 bits per heavy atom. The second kappa shape index (κ2) is 9.94. The number of nitrogens with zero attached hydrogens (tertiary/aromatic N) is 1. The van der Waals surface area contributed by atoms with Crippen LogP contribution < -0.4 is 10.1 Å². The number of carbonyl (C=O) groups is 3. The number of phenolic OH excluding ortho intramolecular Hbond substituents is 1. The lowest BCUT2D eigenvalue weighted by atomic mass is 9.91. The number of amides is 2. The summed E-state index contributed by atoms with van der Waals surface area (Å²) in [5.74, 6) is -1.20. The molecule has 2 aromatic rings. The van der Waals surface area contributed by atoms with E-state index >= 15 is 0 Å². The summed E-state index contributed by atoms with van der Waals surface area (Å²) in [6.07, 6.45) is 2.65. The van der Waals surface area contributed by atoms with Gasteiger partial charge in [-0.3, -0.25) is 9.59 Å². The van der Waals surface area contributed by atoms with Crippen molar-refractivity contribution in [3.05, 3.63) is 47.0 Å². The van der Waals surface area contributed by atoms with Crippen LogP contribution in [0.3, 0.4) is 0 Å². The van der Waals surface area contributed by atoms with Crippen LogP contribution in [0, 0.1) is 13.8 Å². The number of carbonyl (C=O) groups excluding carboxylic acids is 3. The van der Waals surface area contributed by atoms with E-state index in [0.717, 1.165) is 30.4 Å². The van der Waals surface area contributed by atoms with Gasteiger partial charge in [0.25, 0.3) is 5.91 Å². The summed E-state index contributed by atoms with van der Waals surface area (Å²) < 4.78 is 10.9. The molecule has 0 spiro atoms. The third kappa shape index (κ3) is 5.63. The van der Waals surface area contributed by atoms with Crippen molar-refractivity contribution in [1.82, 2.24) is 4.90 Å². The van der Waals surface area contributed by atoms with Gasteiger partial charge >= 0.3 is 11.9 Å². The number of ether oxygens (including phenoxy) is 2. The molecule has 0 atom stereocenters. The molecule has 8 nitrogen and oxygen atoms in total. The van der Waals surface area contributed by atoms with Crippen LogP contribution in [0.1, 0.15) is 54.6 Å². The lowest BCUT2D eigenvalue weighted by molar-refractivity contribution is -0.155. The standard InChI is InChI=1S/C25H30N2O6/c1-14(2)32-25(31)23(29)26-17-11-15(3)22(16(4)12-17)33-19-9-10-21(28)20(13-19)24(30)27(5)18-7-6-8-18/h9-14,18,28H,6-8H2,1-5H3,(H,26,29). The Kier molecular flexibility index (Phi) is 7.26. The summed E-state index contributed by atoms with van der Waals surface area (Å²) >= 11 is 0. The predicted molar refractivity (Wildman–Crippen MR) is 124 cm³/mol. The van der Waals surface area contributed by atoms with E-state index in [4.69, 9.17) is 9.47 Å². The molecule has 0 bridgehead atoms. The summed E-state index contributed by atoms with van der Waals surface area (Å²) in [6.45, 7) is 6.95. The van der Waals surface area contributed by atoms with Gasteiger partial charge in [0.2, 0.25) is 0 Å². The summed E-state index contributed by atoms with van der Waals surface area (Å²) in [6, 6.07) is 8.12. The van der Waals surface area contributed by atoms with E-state index in [1.807, 2.05) is 0 Å². The highest BCUT2D eigenvalue weighted by atomic mass is 16.5. The molecule has 0 saturated heterocycles. The molecule has 1 saturated carbocycles. The van der Waals surface area contributed by atoms with E-state index in [9.17, 15) is 19.5 Å². The van der Waals surface area contributed by atoms with Crippen LogP contribution in [0.4, 0.5) is 5.69 Å². The van der Waals surface area contributed by atoms with Crippen molar-refractivity contribution in [2.45, 2.75) is 59.1 Å². The average molecular weight is 455 g/mol. The van der Waals surface area contributed by atoms with Crippen molar-refractivity contribution in [3.8, 4) is 17.2 Å². The van der Waals surface area contributed by atoms with Gasteiger partial charge in [-0.25, -0.2) is 4.79 Å². The van der Waals surface area contributed by atoms with Gasteiger partial charge in [0.1, 0.15) is 17.2 Å². The predicted octanol–water partition coefficient (Wildman–Crippen LogP) is 4.32. The zero-order valence-electron chi connectivity index (χ0n) is 19.6. The Balaban J connectivity index is 1.77. The third-order valence-electron chi connectivity index (χ3n) is 5.61. The summed E-state index contributed by atoms with van der Waals surface area (Å²) in [5.41, 5.74) is 2.06. The van der Waals surface area contributed by atoms with Crippen molar-refractivity contribution >= 4 is 23.5 Å². The molecule has 0 unspecified atom stereocenters. The van der Waals surface area contributed by atoms with Crippen molar-refractivity contribution in [1.29, 1.82) is 0 Å². The molecular weight excluding hydrogens is 424 g/mol. The minimum absolute atomic E-state index is 0.0988. The van der Waals surface area contributed by atoms with Gasteiger partial charge in [0.15, 0.2) is 0 Å². The van der Waals surface area contributed by atoms with Gasteiger partial charge in [0.05, 0.1) is 11.7 Å². The first kappa shape index (κ1) is 24.1. The van der Waals surface area contributed by atoms with Gasteiger partial charge < -0.3 is 24.8 Å². The van der Waals surface area contributed by atoms with Gasteiger partial charge in [-0.15, -0.1) is 0 Å². The van der Waals surface area contributed by atoms with Crippen molar-refractivity contribution in [3.63, 3.8) is 0 Å². The van der Waals surface area contributed by atoms with E-state index in [0.29, 0.717) is 17.2 Å². The number of rotatable bonds is 6. The minimum Gasteiger partial charge on any atom is -0.507 e. The average Bonchev–Trinajstić information content (AvgIpc) is 2.69. The van der Waals surface area contributed by atoms with Crippen LogP contribution in [0.15, 0.2) is 30.3 Å². The number of esters is 1. The second-order valence-electron chi connectivity index (χ2n) is 8.63. The number of nitrogens with one attached hydrogen (secondary N) is 1. The van der Waals surface area contributed by atoms with E-state index in [1.165, 1.54) is 12.1 Å². The Bertz CT molecular complexity index is 1050. The zero-order chi connectivity index (χ0) is 24.3. The Morgan fingerprint density at radius 3 is 2.27 bits per heavy atom. The van der Waals surface area contributed by atoms with Crippen LogP contribution >= 0.6 is 0 Å². The molecule has 8 heteroatoms. The molecule has 0 aromatic heterocycles. The molecule has 1 aliphatic rings. The van der Waals surface area contributed by atoms with Crippen LogP contribution in [0.2, 0.25) is 0 Å². The lowest BCUT2D eigenvalue weighted by Crippen LogP contribution is -2.41. The van der Waals surface area contributed by atoms with Crippen molar-refractivity contribution < 1.29 is 29.0 Å². The fourth-order valence-electron chi connectivity index (χ4n) is 3.63. The number of aromatic hydroxyl groups is 1. The Hall–Kier alpha value is -3.55. The molecule has 1 aliphatic carbocycles.